The van der Waals surface area contributed by atoms with Crippen molar-refractivity contribution in [2.45, 2.75) is 19.1 Å². The first-order valence-corrected chi connectivity index (χ1v) is 7.53. The minimum absolute atomic E-state index is 0.0301. The largest absolute Gasteiger partial charge is 0.390 e. The van der Waals surface area contributed by atoms with Gasteiger partial charge in [-0.3, -0.25) is 0 Å². The molecule has 0 amide bonds. The van der Waals surface area contributed by atoms with Gasteiger partial charge >= 0.3 is 0 Å². The van der Waals surface area contributed by atoms with Crippen molar-refractivity contribution in [1.29, 1.82) is 0 Å². The molecule has 22 heavy (non-hydrogen) atoms. The minimum atomic E-state index is -0.194. The van der Waals surface area contributed by atoms with Gasteiger partial charge < -0.3 is 10.2 Å². The zero-order chi connectivity index (χ0) is 15.4. The molecule has 1 heterocycles. The van der Waals surface area contributed by atoms with E-state index < -0.39 is 0 Å². The van der Waals surface area contributed by atoms with Gasteiger partial charge in [0.15, 0.2) is 0 Å². The molecule has 1 N–H and O–H groups in total. The van der Waals surface area contributed by atoms with Crippen LogP contribution in [0, 0.1) is 5.82 Å². The van der Waals surface area contributed by atoms with Gasteiger partial charge in [0.25, 0.3) is 0 Å². The minimum Gasteiger partial charge on any atom is -0.390 e. The number of nitrogens with one attached hydrogen (secondary N) is 1. The number of hydrogen-bond donors (Lipinski definition) is 1. The third kappa shape index (κ3) is 3.64. The van der Waals surface area contributed by atoms with Crippen LogP contribution in [-0.4, -0.2) is 18.4 Å². The molecule has 2 aromatic rings. The molecule has 3 nitrogen and oxygen atoms in total. The smallest absolute Gasteiger partial charge is 0.145 e. The summed E-state index contributed by atoms with van der Waals surface area (Å²) in [7, 11) is 0. The fourth-order valence-electron chi connectivity index (χ4n) is 2.36. The zero-order valence-corrected chi connectivity index (χ0v) is 12.7. The van der Waals surface area contributed by atoms with Crippen LogP contribution in [0.25, 0.3) is 0 Å². The molecule has 1 aliphatic heterocycles. The average molecular weight is 319 g/mol. The highest BCUT2D eigenvalue weighted by Gasteiger charge is 2.21. The highest BCUT2D eigenvalue weighted by atomic mass is 35.5. The zero-order valence-electron chi connectivity index (χ0n) is 11.9. The van der Waals surface area contributed by atoms with Crippen LogP contribution >= 0.6 is 11.6 Å². The Kier molecular flexibility index (Phi) is 4.71. The van der Waals surface area contributed by atoms with E-state index in [2.05, 4.69) is 10.5 Å². The van der Waals surface area contributed by atoms with Crippen molar-refractivity contribution in [2.75, 3.05) is 6.54 Å². The van der Waals surface area contributed by atoms with Gasteiger partial charge in [-0.1, -0.05) is 47.1 Å². The molecule has 3 rings (SSSR count). The SMILES string of the molecule is Fc1ccccc1CNC[C@@H]1CC(c2ccc(Cl)cc2)=NO1. The Labute approximate surface area is 133 Å². The first-order chi connectivity index (χ1) is 10.7. The van der Waals surface area contributed by atoms with E-state index in [1.54, 1.807) is 12.1 Å². The van der Waals surface area contributed by atoms with E-state index in [1.165, 1.54) is 6.07 Å². The van der Waals surface area contributed by atoms with Crippen LogP contribution in [0.3, 0.4) is 0 Å². The van der Waals surface area contributed by atoms with E-state index in [4.69, 9.17) is 16.4 Å². The quantitative estimate of drug-likeness (QED) is 0.910. The summed E-state index contributed by atoms with van der Waals surface area (Å²) >= 11 is 5.87. The van der Waals surface area contributed by atoms with E-state index in [0.29, 0.717) is 23.7 Å². The van der Waals surface area contributed by atoms with Gasteiger partial charge in [-0.05, 0) is 23.8 Å². The number of benzene rings is 2. The Morgan fingerprint density at radius 1 is 1.18 bits per heavy atom. The summed E-state index contributed by atoms with van der Waals surface area (Å²) in [6, 6.07) is 14.3. The maximum Gasteiger partial charge on any atom is 0.145 e. The standard InChI is InChI=1S/C17H16ClFN2O/c18-14-7-5-12(6-8-14)17-9-15(22-21-17)11-20-10-13-3-1-2-4-16(13)19/h1-8,15,20H,9-11H2/t15-/m0/s1. The van der Waals surface area contributed by atoms with Crippen molar-refractivity contribution >= 4 is 17.3 Å². The highest BCUT2D eigenvalue weighted by Crippen LogP contribution is 2.18. The molecule has 0 spiro atoms. The Balaban J connectivity index is 1.48. The van der Waals surface area contributed by atoms with Gasteiger partial charge in [-0.2, -0.15) is 0 Å². The molecule has 0 aliphatic carbocycles. The van der Waals surface area contributed by atoms with Crippen molar-refractivity contribution in [3.63, 3.8) is 0 Å². The predicted molar refractivity (Wildman–Crippen MR) is 85.6 cm³/mol. The fourth-order valence-corrected chi connectivity index (χ4v) is 2.49. The molecule has 1 aliphatic rings. The van der Waals surface area contributed by atoms with Crippen molar-refractivity contribution in [2.24, 2.45) is 5.16 Å². The summed E-state index contributed by atoms with van der Waals surface area (Å²) < 4.78 is 13.5. The molecule has 1 atom stereocenters. The normalized spacial score (nSPS) is 17.2. The molecule has 0 saturated heterocycles. The predicted octanol–water partition coefficient (Wildman–Crippen LogP) is 3.76. The first kappa shape index (κ1) is 15.0. The van der Waals surface area contributed by atoms with Crippen molar-refractivity contribution in [3.8, 4) is 0 Å². The van der Waals surface area contributed by atoms with Gasteiger partial charge in [0.2, 0.25) is 0 Å². The fraction of sp³-hybridized carbons (Fsp3) is 0.235. The summed E-state index contributed by atoms with van der Waals surface area (Å²) in [6.45, 7) is 1.09. The number of oxime groups is 1. The summed E-state index contributed by atoms with van der Waals surface area (Å²) in [5.41, 5.74) is 2.58. The molecule has 0 fully saturated rings. The van der Waals surface area contributed by atoms with Crippen molar-refractivity contribution in [1.82, 2.24) is 5.32 Å². The lowest BCUT2D eigenvalue weighted by atomic mass is 10.1. The van der Waals surface area contributed by atoms with Crippen molar-refractivity contribution < 1.29 is 9.23 Å². The molecule has 0 unspecified atom stereocenters. The van der Waals surface area contributed by atoms with Crippen LogP contribution in [0.15, 0.2) is 53.7 Å². The Morgan fingerprint density at radius 2 is 1.95 bits per heavy atom. The van der Waals surface area contributed by atoms with Crippen LogP contribution in [0.1, 0.15) is 17.5 Å². The first-order valence-electron chi connectivity index (χ1n) is 7.15. The Bertz CT molecular complexity index is 673. The van der Waals surface area contributed by atoms with Crippen LogP contribution < -0.4 is 5.32 Å². The molecule has 2 aromatic carbocycles. The monoisotopic (exact) mass is 318 g/mol. The number of halogens is 2. The summed E-state index contributed by atoms with van der Waals surface area (Å²) in [5, 5.41) is 8.03. The number of nitrogens with zero attached hydrogens (tertiary/aromatic N) is 1. The maximum atomic E-state index is 13.5. The summed E-state index contributed by atoms with van der Waals surface area (Å²) in [4.78, 5) is 5.42. The molecule has 0 aromatic heterocycles. The van der Waals surface area contributed by atoms with Crippen molar-refractivity contribution in [3.05, 3.63) is 70.5 Å². The molecular formula is C17H16ClFN2O. The van der Waals surface area contributed by atoms with Crippen LogP contribution in [0.5, 0.6) is 0 Å². The molecule has 0 radical (unpaired) electrons. The second-order valence-corrected chi connectivity index (χ2v) is 5.64. The van der Waals surface area contributed by atoms with Crippen LogP contribution in [-0.2, 0) is 11.4 Å². The summed E-state index contributed by atoms with van der Waals surface area (Å²) in [6.07, 6.45) is 0.698. The van der Waals surface area contributed by atoms with Gasteiger partial charge in [-0.25, -0.2) is 4.39 Å². The average Bonchev–Trinajstić information content (AvgIpc) is 2.99. The van der Waals surface area contributed by atoms with Gasteiger partial charge in [0.05, 0.1) is 5.71 Å². The molecule has 0 saturated carbocycles. The van der Waals surface area contributed by atoms with Crippen LogP contribution in [0.2, 0.25) is 5.02 Å². The third-order valence-electron chi connectivity index (χ3n) is 3.56. The number of rotatable bonds is 5. The van der Waals surface area contributed by atoms with E-state index >= 15 is 0 Å². The second kappa shape index (κ2) is 6.90. The topological polar surface area (TPSA) is 33.6 Å². The molecule has 5 heteroatoms. The lowest BCUT2D eigenvalue weighted by molar-refractivity contribution is 0.0848. The molecular weight excluding hydrogens is 303 g/mol. The van der Waals surface area contributed by atoms with E-state index in [1.807, 2.05) is 30.3 Å². The van der Waals surface area contributed by atoms with E-state index in [9.17, 15) is 4.39 Å². The Hall–Kier alpha value is -1.91. The van der Waals surface area contributed by atoms with Gasteiger partial charge in [0, 0.05) is 30.1 Å². The second-order valence-electron chi connectivity index (χ2n) is 5.20. The highest BCUT2D eigenvalue weighted by molar-refractivity contribution is 6.30. The van der Waals surface area contributed by atoms with E-state index in [0.717, 1.165) is 17.7 Å². The maximum absolute atomic E-state index is 13.5. The third-order valence-corrected chi connectivity index (χ3v) is 3.81. The summed E-state index contributed by atoms with van der Waals surface area (Å²) in [5.74, 6) is -0.194. The van der Waals surface area contributed by atoms with Gasteiger partial charge in [-0.15, -0.1) is 0 Å². The number of hydrogen-bond acceptors (Lipinski definition) is 3. The Morgan fingerprint density at radius 3 is 2.73 bits per heavy atom. The van der Waals surface area contributed by atoms with Gasteiger partial charge in [0.1, 0.15) is 11.9 Å². The molecule has 0 bridgehead atoms. The lowest BCUT2D eigenvalue weighted by Gasteiger charge is -2.10. The van der Waals surface area contributed by atoms with Crippen LogP contribution in [0.4, 0.5) is 4.39 Å². The lowest BCUT2D eigenvalue weighted by Crippen LogP contribution is -2.27. The van der Waals surface area contributed by atoms with E-state index in [-0.39, 0.29) is 11.9 Å². The molecule has 114 valence electrons.